The Kier molecular flexibility index (Phi) is 7.50. The molecule has 1 aromatic carbocycles. The predicted octanol–water partition coefficient (Wildman–Crippen LogP) is 3.28. The van der Waals surface area contributed by atoms with E-state index in [1.807, 2.05) is 29.2 Å². The van der Waals surface area contributed by atoms with Gasteiger partial charge in [0.15, 0.2) is 0 Å². The van der Waals surface area contributed by atoms with Gasteiger partial charge in [0.25, 0.3) is 0 Å². The van der Waals surface area contributed by atoms with Crippen molar-refractivity contribution in [1.82, 2.24) is 4.90 Å². The molecular formula is C16H24Cl2N2O. The summed E-state index contributed by atoms with van der Waals surface area (Å²) in [7, 11) is 0. The van der Waals surface area contributed by atoms with Crippen molar-refractivity contribution >= 4 is 29.9 Å². The zero-order valence-corrected chi connectivity index (χ0v) is 14.0. The first-order valence-electron chi connectivity index (χ1n) is 7.34. The van der Waals surface area contributed by atoms with Gasteiger partial charge in [-0.25, -0.2) is 0 Å². The van der Waals surface area contributed by atoms with Crippen LogP contribution in [0.2, 0.25) is 5.02 Å². The number of benzene rings is 1. The lowest BCUT2D eigenvalue weighted by atomic mass is 9.91. The monoisotopic (exact) mass is 330 g/mol. The van der Waals surface area contributed by atoms with Crippen LogP contribution in [0, 0.1) is 5.92 Å². The van der Waals surface area contributed by atoms with E-state index < -0.39 is 0 Å². The lowest BCUT2D eigenvalue weighted by molar-refractivity contribution is -0.132. The summed E-state index contributed by atoms with van der Waals surface area (Å²) in [6.45, 7) is 3.76. The highest BCUT2D eigenvalue weighted by Gasteiger charge is 2.24. The summed E-state index contributed by atoms with van der Waals surface area (Å²) in [5.74, 6) is 0.818. The molecule has 1 saturated heterocycles. The number of hydrogen-bond donors (Lipinski definition) is 1. The number of piperidine rings is 1. The molecule has 1 aromatic rings. The van der Waals surface area contributed by atoms with E-state index in [9.17, 15) is 4.79 Å². The van der Waals surface area contributed by atoms with Crippen molar-refractivity contribution in [3.8, 4) is 0 Å². The van der Waals surface area contributed by atoms with Gasteiger partial charge in [-0.3, -0.25) is 4.79 Å². The maximum atomic E-state index is 12.2. The average molecular weight is 331 g/mol. The third kappa shape index (κ3) is 5.50. The maximum absolute atomic E-state index is 12.2. The number of rotatable bonds is 4. The Balaban J connectivity index is 0.00000220. The Labute approximate surface area is 138 Å². The maximum Gasteiger partial charge on any atom is 0.222 e. The Hall–Kier alpha value is -0.770. The van der Waals surface area contributed by atoms with Gasteiger partial charge in [0.1, 0.15) is 0 Å². The van der Waals surface area contributed by atoms with E-state index in [1.54, 1.807) is 0 Å². The summed E-state index contributed by atoms with van der Waals surface area (Å²) in [5, 5.41) is 0.734. The molecule has 0 aromatic heterocycles. The number of amides is 1. The smallest absolute Gasteiger partial charge is 0.222 e. The van der Waals surface area contributed by atoms with E-state index in [-0.39, 0.29) is 24.4 Å². The summed E-state index contributed by atoms with van der Waals surface area (Å²) in [6, 6.07) is 7.95. The molecule has 21 heavy (non-hydrogen) atoms. The van der Waals surface area contributed by atoms with E-state index in [0.717, 1.165) is 42.9 Å². The van der Waals surface area contributed by atoms with Crippen LogP contribution in [0.25, 0.3) is 0 Å². The average Bonchev–Trinajstić information content (AvgIpc) is 2.46. The normalized spacial score (nSPS) is 17.2. The third-order valence-corrected chi connectivity index (χ3v) is 4.43. The van der Waals surface area contributed by atoms with Gasteiger partial charge in [0.2, 0.25) is 5.91 Å². The number of carbonyl (C=O) groups excluding carboxylic acids is 1. The molecule has 1 fully saturated rings. The fraction of sp³-hybridized carbons (Fsp3) is 0.562. The minimum atomic E-state index is 0. The SMILES string of the molecule is CC(N)C1CCN(C(=O)CCc2ccc(Cl)cc2)CC1.Cl. The van der Waals surface area contributed by atoms with Crippen LogP contribution in [0.3, 0.4) is 0 Å². The largest absolute Gasteiger partial charge is 0.343 e. The van der Waals surface area contributed by atoms with Crippen LogP contribution < -0.4 is 5.73 Å². The number of nitrogens with two attached hydrogens (primary N) is 1. The van der Waals surface area contributed by atoms with Crippen molar-refractivity contribution in [2.75, 3.05) is 13.1 Å². The molecule has 1 amide bonds. The number of hydrogen-bond acceptors (Lipinski definition) is 2. The predicted molar refractivity (Wildman–Crippen MR) is 90.0 cm³/mol. The number of nitrogens with zero attached hydrogens (tertiary/aromatic N) is 1. The van der Waals surface area contributed by atoms with Crippen molar-refractivity contribution < 1.29 is 4.79 Å². The number of likely N-dealkylation sites (tertiary alicyclic amines) is 1. The highest BCUT2D eigenvalue weighted by Crippen LogP contribution is 2.20. The molecule has 0 spiro atoms. The Morgan fingerprint density at radius 2 is 1.90 bits per heavy atom. The van der Waals surface area contributed by atoms with E-state index >= 15 is 0 Å². The topological polar surface area (TPSA) is 46.3 Å². The van der Waals surface area contributed by atoms with Crippen LogP contribution in [0.1, 0.15) is 31.7 Å². The van der Waals surface area contributed by atoms with Crippen LogP contribution in [0.5, 0.6) is 0 Å². The van der Waals surface area contributed by atoms with Gasteiger partial charge in [-0.15, -0.1) is 12.4 Å². The quantitative estimate of drug-likeness (QED) is 0.920. The molecule has 3 nitrogen and oxygen atoms in total. The molecule has 1 heterocycles. The van der Waals surface area contributed by atoms with Crippen LogP contribution in [-0.4, -0.2) is 29.9 Å². The molecule has 2 rings (SSSR count). The van der Waals surface area contributed by atoms with Crippen molar-refractivity contribution in [2.24, 2.45) is 11.7 Å². The zero-order valence-electron chi connectivity index (χ0n) is 12.4. The van der Waals surface area contributed by atoms with Crippen molar-refractivity contribution in [3.05, 3.63) is 34.9 Å². The van der Waals surface area contributed by atoms with Crippen LogP contribution in [-0.2, 0) is 11.2 Å². The second-order valence-corrected chi connectivity index (χ2v) is 6.14. The minimum Gasteiger partial charge on any atom is -0.343 e. The van der Waals surface area contributed by atoms with E-state index in [1.165, 1.54) is 0 Å². The Bertz CT molecular complexity index is 440. The van der Waals surface area contributed by atoms with E-state index in [4.69, 9.17) is 17.3 Å². The standard InChI is InChI=1S/C16H23ClN2O.ClH/c1-12(18)14-8-10-19(11-9-14)16(20)7-4-13-2-5-15(17)6-3-13;/h2-3,5-6,12,14H,4,7-11,18H2,1H3;1H. The molecule has 0 saturated carbocycles. The third-order valence-electron chi connectivity index (χ3n) is 4.18. The van der Waals surface area contributed by atoms with Gasteiger partial charge < -0.3 is 10.6 Å². The van der Waals surface area contributed by atoms with Gasteiger partial charge in [0, 0.05) is 30.6 Å². The van der Waals surface area contributed by atoms with Crippen molar-refractivity contribution in [2.45, 2.75) is 38.6 Å². The minimum absolute atomic E-state index is 0. The molecule has 1 atom stereocenters. The number of carbonyl (C=O) groups is 1. The summed E-state index contributed by atoms with van der Waals surface area (Å²) < 4.78 is 0. The Morgan fingerprint density at radius 1 is 1.33 bits per heavy atom. The Morgan fingerprint density at radius 3 is 2.43 bits per heavy atom. The molecule has 2 N–H and O–H groups in total. The summed E-state index contributed by atoms with van der Waals surface area (Å²) in [4.78, 5) is 14.2. The fourth-order valence-electron chi connectivity index (χ4n) is 2.74. The first-order chi connectivity index (χ1) is 9.56. The molecule has 0 aliphatic carbocycles. The summed E-state index contributed by atoms with van der Waals surface area (Å²) in [5.41, 5.74) is 7.08. The molecule has 5 heteroatoms. The summed E-state index contributed by atoms with van der Waals surface area (Å²) in [6.07, 6.45) is 3.42. The molecule has 1 aliphatic rings. The van der Waals surface area contributed by atoms with Crippen molar-refractivity contribution in [1.29, 1.82) is 0 Å². The molecule has 1 unspecified atom stereocenters. The first-order valence-corrected chi connectivity index (χ1v) is 7.72. The second kappa shape index (κ2) is 8.62. The summed E-state index contributed by atoms with van der Waals surface area (Å²) >= 11 is 5.85. The van der Waals surface area contributed by atoms with Gasteiger partial charge in [-0.05, 0) is 49.8 Å². The zero-order chi connectivity index (χ0) is 14.5. The van der Waals surface area contributed by atoms with E-state index in [0.29, 0.717) is 12.3 Å². The lowest BCUT2D eigenvalue weighted by Gasteiger charge is -2.33. The van der Waals surface area contributed by atoms with Gasteiger partial charge in [-0.1, -0.05) is 23.7 Å². The highest BCUT2D eigenvalue weighted by molar-refractivity contribution is 6.30. The van der Waals surface area contributed by atoms with Crippen LogP contribution in [0.4, 0.5) is 0 Å². The molecule has 118 valence electrons. The lowest BCUT2D eigenvalue weighted by Crippen LogP contribution is -2.42. The van der Waals surface area contributed by atoms with E-state index in [2.05, 4.69) is 6.92 Å². The van der Waals surface area contributed by atoms with Crippen LogP contribution in [0.15, 0.2) is 24.3 Å². The molecule has 0 bridgehead atoms. The van der Waals surface area contributed by atoms with Gasteiger partial charge in [0.05, 0.1) is 0 Å². The highest BCUT2D eigenvalue weighted by atomic mass is 35.5. The molecule has 0 radical (unpaired) electrons. The first kappa shape index (κ1) is 18.3. The molecule has 1 aliphatic heterocycles. The van der Waals surface area contributed by atoms with Gasteiger partial charge >= 0.3 is 0 Å². The van der Waals surface area contributed by atoms with Crippen molar-refractivity contribution in [3.63, 3.8) is 0 Å². The number of aryl methyl sites for hydroxylation is 1. The second-order valence-electron chi connectivity index (χ2n) is 5.70. The number of halogens is 2. The van der Waals surface area contributed by atoms with Crippen LogP contribution >= 0.6 is 24.0 Å². The van der Waals surface area contributed by atoms with Gasteiger partial charge in [-0.2, -0.15) is 0 Å². The molecular weight excluding hydrogens is 307 g/mol. The fourth-order valence-corrected chi connectivity index (χ4v) is 2.86.